The Hall–Kier alpha value is -1.07. The third-order valence-electron chi connectivity index (χ3n) is 1.96. The molecular weight excluding hydrogens is 230 g/mol. The molecule has 5 heteroatoms. The molecule has 2 rings (SSSR count). The SMILES string of the molecule is O=C(C=Cc1ccco1)N1CCSC1=S. The van der Waals surface area contributed by atoms with Crippen molar-refractivity contribution in [1.82, 2.24) is 4.90 Å². The normalized spacial score (nSPS) is 16.5. The van der Waals surface area contributed by atoms with Crippen molar-refractivity contribution in [3.63, 3.8) is 0 Å². The van der Waals surface area contributed by atoms with Crippen LogP contribution in [0.25, 0.3) is 6.08 Å². The van der Waals surface area contributed by atoms with Crippen LogP contribution in [0.3, 0.4) is 0 Å². The molecule has 1 aliphatic heterocycles. The van der Waals surface area contributed by atoms with Crippen LogP contribution < -0.4 is 0 Å². The molecule has 1 aromatic heterocycles. The summed E-state index contributed by atoms with van der Waals surface area (Å²) >= 11 is 6.58. The molecule has 0 spiro atoms. The van der Waals surface area contributed by atoms with Gasteiger partial charge in [-0.2, -0.15) is 0 Å². The van der Waals surface area contributed by atoms with Gasteiger partial charge in [0.05, 0.1) is 6.26 Å². The zero-order chi connectivity index (χ0) is 10.7. The predicted molar refractivity (Wildman–Crippen MR) is 64.5 cm³/mol. The average molecular weight is 239 g/mol. The summed E-state index contributed by atoms with van der Waals surface area (Å²) in [5.74, 6) is 1.47. The fraction of sp³-hybridized carbons (Fsp3) is 0.200. The molecule has 15 heavy (non-hydrogen) atoms. The fourth-order valence-electron chi connectivity index (χ4n) is 1.22. The van der Waals surface area contributed by atoms with Crippen LogP contribution in [-0.2, 0) is 4.79 Å². The van der Waals surface area contributed by atoms with Crippen LogP contribution in [0.15, 0.2) is 28.9 Å². The van der Waals surface area contributed by atoms with Crippen LogP contribution in [0.1, 0.15) is 5.76 Å². The summed E-state index contributed by atoms with van der Waals surface area (Å²) in [5, 5.41) is 0. The molecule has 2 heterocycles. The van der Waals surface area contributed by atoms with Gasteiger partial charge in [0.15, 0.2) is 0 Å². The number of thiocarbonyl (C=S) groups is 1. The van der Waals surface area contributed by atoms with Gasteiger partial charge in [0.1, 0.15) is 10.1 Å². The van der Waals surface area contributed by atoms with E-state index >= 15 is 0 Å². The maximum absolute atomic E-state index is 11.6. The maximum atomic E-state index is 11.6. The lowest BCUT2D eigenvalue weighted by atomic mass is 10.3. The Morgan fingerprint density at radius 1 is 1.67 bits per heavy atom. The first-order valence-electron chi connectivity index (χ1n) is 4.47. The van der Waals surface area contributed by atoms with E-state index in [9.17, 15) is 4.79 Å². The summed E-state index contributed by atoms with van der Waals surface area (Å²) in [6, 6.07) is 3.57. The molecular formula is C10H9NO2S2. The molecule has 0 atom stereocenters. The van der Waals surface area contributed by atoms with Crippen molar-refractivity contribution in [2.75, 3.05) is 12.3 Å². The van der Waals surface area contributed by atoms with Gasteiger partial charge < -0.3 is 4.42 Å². The first-order chi connectivity index (χ1) is 7.27. The minimum atomic E-state index is -0.0820. The molecule has 1 aliphatic rings. The average Bonchev–Trinajstić information content (AvgIpc) is 2.84. The summed E-state index contributed by atoms with van der Waals surface area (Å²) < 4.78 is 5.73. The second kappa shape index (κ2) is 4.63. The van der Waals surface area contributed by atoms with Crippen molar-refractivity contribution in [1.29, 1.82) is 0 Å². The Labute approximate surface area is 97.1 Å². The Balaban J connectivity index is 2.00. The van der Waals surface area contributed by atoms with E-state index in [2.05, 4.69) is 0 Å². The topological polar surface area (TPSA) is 33.5 Å². The number of hydrogen-bond donors (Lipinski definition) is 0. The van der Waals surface area contributed by atoms with Crippen molar-refractivity contribution in [2.45, 2.75) is 0 Å². The second-order valence-electron chi connectivity index (χ2n) is 2.95. The molecule has 0 N–H and O–H groups in total. The van der Waals surface area contributed by atoms with Gasteiger partial charge in [0, 0.05) is 18.4 Å². The van der Waals surface area contributed by atoms with Gasteiger partial charge in [-0.15, -0.1) is 0 Å². The van der Waals surface area contributed by atoms with Crippen molar-refractivity contribution >= 4 is 40.3 Å². The molecule has 1 fully saturated rings. The summed E-state index contributed by atoms with van der Waals surface area (Å²) in [5.41, 5.74) is 0. The van der Waals surface area contributed by atoms with E-state index < -0.39 is 0 Å². The summed E-state index contributed by atoms with van der Waals surface area (Å²) in [4.78, 5) is 13.2. The molecule has 0 saturated carbocycles. The summed E-state index contributed by atoms with van der Waals surface area (Å²) in [7, 11) is 0. The monoisotopic (exact) mass is 239 g/mol. The lowest BCUT2D eigenvalue weighted by molar-refractivity contribution is -0.121. The first-order valence-corrected chi connectivity index (χ1v) is 5.86. The van der Waals surface area contributed by atoms with E-state index in [1.807, 2.05) is 0 Å². The highest BCUT2D eigenvalue weighted by Gasteiger charge is 2.21. The molecule has 78 valence electrons. The zero-order valence-corrected chi connectivity index (χ0v) is 9.51. The number of rotatable bonds is 2. The van der Waals surface area contributed by atoms with Crippen LogP contribution in [0, 0.1) is 0 Å². The highest BCUT2D eigenvalue weighted by Crippen LogP contribution is 2.18. The van der Waals surface area contributed by atoms with E-state index in [-0.39, 0.29) is 5.91 Å². The first kappa shape index (κ1) is 10.4. The van der Waals surface area contributed by atoms with Gasteiger partial charge in [-0.1, -0.05) is 24.0 Å². The Morgan fingerprint density at radius 2 is 2.53 bits per heavy atom. The third-order valence-corrected chi connectivity index (χ3v) is 3.39. The van der Waals surface area contributed by atoms with Crippen LogP contribution in [0.5, 0.6) is 0 Å². The van der Waals surface area contributed by atoms with Crippen molar-refractivity contribution in [3.05, 3.63) is 30.2 Å². The van der Waals surface area contributed by atoms with Gasteiger partial charge in [-0.25, -0.2) is 0 Å². The highest BCUT2D eigenvalue weighted by molar-refractivity contribution is 8.23. The summed E-state index contributed by atoms with van der Waals surface area (Å²) in [6.45, 7) is 0.699. The minimum Gasteiger partial charge on any atom is -0.465 e. The highest BCUT2D eigenvalue weighted by atomic mass is 32.2. The van der Waals surface area contributed by atoms with Crippen LogP contribution in [-0.4, -0.2) is 27.4 Å². The maximum Gasteiger partial charge on any atom is 0.252 e. The van der Waals surface area contributed by atoms with Gasteiger partial charge in [0.25, 0.3) is 5.91 Å². The number of carbonyl (C=O) groups is 1. The smallest absolute Gasteiger partial charge is 0.252 e. The molecule has 1 aromatic rings. The lowest BCUT2D eigenvalue weighted by Crippen LogP contribution is -2.28. The van der Waals surface area contributed by atoms with Gasteiger partial charge in [-0.05, 0) is 18.2 Å². The molecule has 0 unspecified atom stereocenters. The zero-order valence-electron chi connectivity index (χ0n) is 7.88. The number of amides is 1. The van der Waals surface area contributed by atoms with Gasteiger partial charge in [0.2, 0.25) is 0 Å². The van der Waals surface area contributed by atoms with E-state index in [0.717, 1.165) is 5.75 Å². The van der Waals surface area contributed by atoms with Crippen LogP contribution in [0.4, 0.5) is 0 Å². The quantitative estimate of drug-likeness (QED) is 0.585. The second-order valence-corrected chi connectivity index (χ2v) is 4.68. The van der Waals surface area contributed by atoms with Crippen molar-refractivity contribution in [2.24, 2.45) is 0 Å². The molecule has 0 aliphatic carbocycles. The molecule has 0 radical (unpaired) electrons. The largest absolute Gasteiger partial charge is 0.465 e. The number of carbonyl (C=O) groups excluding carboxylic acids is 1. The van der Waals surface area contributed by atoms with Crippen molar-refractivity contribution in [3.8, 4) is 0 Å². The van der Waals surface area contributed by atoms with E-state index in [1.165, 1.54) is 17.8 Å². The van der Waals surface area contributed by atoms with Crippen LogP contribution in [0.2, 0.25) is 0 Å². The number of thioether (sulfide) groups is 1. The van der Waals surface area contributed by atoms with Crippen LogP contribution >= 0.6 is 24.0 Å². The fourth-order valence-corrected chi connectivity index (χ4v) is 2.44. The van der Waals surface area contributed by atoms with E-state index in [1.54, 1.807) is 29.4 Å². The van der Waals surface area contributed by atoms with Gasteiger partial charge in [-0.3, -0.25) is 9.69 Å². The van der Waals surface area contributed by atoms with E-state index in [4.69, 9.17) is 16.6 Å². The predicted octanol–water partition coefficient (Wildman–Crippen LogP) is 2.15. The number of furan rings is 1. The van der Waals surface area contributed by atoms with Gasteiger partial charge >= 0.3 is 0 Å². The standard InChI is InChI=1S/C10H9NO2S2/c12-9(11-5-7-15-10(11)14)4-3-8-2-1-6-13-8/h1-4,6H,5,7H2. The van der Waals surface area contributed by atoms with Crippen molar-refractivity contribution < 1.29 is 9.21 Å². The summed E-state index contributed by atoms with van der Waals surface area (Å²) in [6.07, 6.45) is 4.70. The number of hydrogen-bond acceptors (Lipinski definition) is 4. The minimum absolute atomic E-state index is 0.0820. The lowest BCUT2D eigenvalue weighted by Gasteiger charge is -2.10. The molecule has 3 nitrogen and oxygen atoms in total. The molecule has 1 amide bonds. The van der Waals surface area contributed by atoms with E-state index in [0.29, 0.717) is 16.6 Å². The number of nitrogens with zero attached hydrogens (tertiary/aromatic N) is 1. The molecule has 0 aromatic carbocycles. The Kier molecular flexibility index (Phi) is 3.23. The Morgan fingerprint density at radius 3 is 3.13 bits per heavy atom. The molecule has 0 bridgehead atoms. The third kappa shape index (κ3) is 2.49. The Bertz CT molecular complexity index is 398. The molecule has 1 saturated heterocycles.